The second-order valence-corrected chi connectivity index (χ2v) is 4.02. The maximum atomic E-state index is 11.3. The van der Waals surface area contributed by atoms with Crippen molar-refractivity contribution in [3.05, 3.63) is 18.2 Å². The molecule has 0 atom stereocenters. The molecule has 5 nitrogen and oxygen atoms in total. The van der Waals surface area contributed by atoms with Gasteiger partial charge < -0.3 is 20.1 Å². The number of carbonyl (C=O) groups excluding carboxylic acids is 1. The van der Waals surface area contributed by atoms with Gasteiger partial charge in [0.25, 0.3) is 0 Å². The van der Waals surface area contributed by atoms with E-state index in [0.29, 0.717) is 19.8 Å². The highest BCUT2D eigenvalue weighted by Gasteiger charge is 2.10. The average Bonchev–Trinajstić information content (AvgIpc) is 2.61. The molecule has 1 aliphatic heterocycles. The van der Waals surface area contributed by atoms with Crippen molar-refractivity contribution in [2.24, 2.45) is 0 Å². The van der Waals surface area contributed by atoms with Crippen molar-refractivity contribution >= 4 is 11.6 Å². The average molecular weight is 250 g/mol. The molecular formula is C13H18N2O3. The number of benzene rings is 1. The molecule has 0 unspecified atom stereocenters. The van der Waals surface area contributed by atoms with Crippen LogP contribution in [0.1, 0.15) is 13.3 Å². The van der Waals surface area contributed by atoms with Gasteiger partial charge in [-0.2, -0.15) is 0 Å². The lowest BCUT2D eigenvalue weighted by Gasteiger charge is -2.10. The number of ether oxygens (including phenoxy) is 2. The molecule has 0 fully saturated rings. The molecule has 0 aliphatic carbocycles. The molecule has 0 saturated carbocycles. The largest absolute Gasteiger partial charge is 0.490 e. The number of nitrogens with one attached hydrogen (secondary N) is 2. The zero-order chi connectivity index (χ0) is 12.8. The van der Waals surface area contributed by atoms with Crippen LogP contribution in [0.3, 0.4) is 0 Å². The first-order valence-electron chi connectivity index (χ1n) is 6.20. The van der Waals surface area contributed by atoms with Gasteiger partial charge in [-0.15, -0.1) is 0 Å². The van der Waals surface area contributed by atoms with E-state index in [-0.39, 0.29) is 12.5 Å². The summed E-state index contributed by atoms with van der Waals surface area (Å²) < 4.78 is 11.1. The van der Waals surface area contributed by atoms with Crippen LogP contribution in [0.2, 0.25) is 0 Å². The minimum Gasteiger partial charge on any atom is -0.490 e. The quantitative estimate of drug-likeness (QED) is 0.848. The first-order chi connectivity index (χ1) is 8.79. The maximum Gasteiger partial charge on any atom is 0.239 e. The number of hydrogen-bond acceptors (Lipinski definition) is 4. The van der Waals surface area contributed by atoms with E-state index in [4.69, 9.17) is 9.47 Å². The Hall–Kier alpha value is -1.91. The lowest BCUT2D eigenvalue weighted by molar-refractivity contribution is -0.119. The number of hydrogen-bond donors (Lipinski definition) is 2. The molecule has 0 spiro atoms. The van der Waals surface area contributed by atoms with Crippen LogP contribution in [0.5, 0.6) is 11.5 Å². The van der Waals surface area contributed by atoms with Crippen LogP contribution in [-0.4, -0.2) is 32.2 Å². The Bertz CT molecular complexity index is 421. The van der Waals surface area contributed by atoms with E-state index in [1.165, 1.54) is 0 Å². The lowest BCUT2D eigenvalue weighted by Crippen LogP contribution is -2.29. The van der Waals surface area contributed by atoms with Crippen molar-refractivity contribution in [3.63, 3.8) is 0 Å². The van der Waals surface area contributed by atoms with Gasteiger partial charge >= 0.3 is 0 Å². The number of fused-ring (bicyclic) bond motifs is 1. The Labute approximate surface area is 106 Å². The third kappa shape index (κ3) is 3.29. The van der Waals surface area contributed by atoms with Crippen LogP contribution in [0.4, 0.5) is 5.69 Å². The summed E-state index contributed by atoms with van der Waals surface area (Å²) in [7, 11) is 0. The van der Waals surface area contributed by atoms with Crippen LogP contribution < -0.4 is 20.1 Å². The fraction of sp³-hybridized carbons (Fsp3) is 0.462. The summed E-state index contributed by atoms with van der Waals surface area (Å²) in [6, 6.07) is 5.60. The Morgan fingerprint density at radius 2 is 2.06 bits per heavy atom. The second-order valence-electron chi connectivity index (χ2n) is 4.02. The molecule has 0 aromatic heterocycles. The Kier molecular flexibility index (Phi) is 4.28. The van der Waals surface area contributed by atoms with Gasteiger partial charge in [-0.25, -0.2) is 0 Å². The Balaban J connectivity index is 1.97. The van der Waals surface area contributed by atoms with E-state index in [2.05, 4.69) is 10.6 Å². The van der Waals surface area contributed by atoms with E-state index < -0.39 is 0 Å². The van der Waals surface area contributed by atoms with Gasteiger partial charge in [0.05, 0.1) is 19.8 Å². The maximum absolute atomic E-state index is 11.3. The number of anilines is 1. The summed E-state index contributed by atoms with van der Waals surface area (Å²) in [4.78, 5) is 11.3. The predicted molar refractivity (Wildman–Crippen MR) is 69.2 cm³/mol. The van der Waals surface area contributed by atoms with Crippen molar-refractivity contribution in [2.75, 3.05) is 31.6 Å². The molecule has 1 aromatic carbocycles. The molecule has 1 aromatic rings. The predicted octanol–water partition coefficient (Wildman–Crippen LogP) is 1.40. The summed E-state index contributed by atoms with van der Waals surface area (Å²) in [5.74, 6) is 1.47. The zero-order valence-corrected chi connectivity index (χ0v) is 10.5. The van der Waals surface area contributed by atoms with E-state index in [9.17, 15) is 4.79 Å². The van der Waals surface area contributed by atoms with Crippen molar-refractivity contribution < 1.29 is 14.3 Å². The molecule has 18 heavy (non-hydrogen) atoms. The minimum atomic E-state index is -0.0235. The smallest absolute Gasteiger partial charge is 0.239 e. The van der Waals surface area contributed by atoms with Crippen molar-refractivity contribution in [3.8, 4) is 11.5 Å². The lowest BCUT2D eigenvalue weighted by atomic mass is 10.2. The first kappa shape index (κ1) is 12.5. The third-order valence-electron chi connectivity index (χ3n) is 2.57. The van der Waals surface area contributed by atoms with E-state index >= 15 is 0 Å². The highest BCUT2D eigenvalue weighted by atomic mass is 16.5. The molecule has 0 bridgehead atoms. The normalized spacial score (nSPS) is 13.6. The van der Waals surface area contributed by atoms with Crippen molar-refractivity contribution in [2.45, 2.75) is 13.3 Å². The van der Waals surface area contributed by atoms with E-state index in [1.807, 2.05) is 25.1 Å². The molecule has 2 N–H and O–H groups in total. The molecular weight excluding hydrogens is 232 g/mol. The summed E-state index contributed by atoms with van der Waals surface area (Å²) in [6.07, 6.45) is 0.885. The van der Waals surface area contributed by atoms with Gasteiger partial charge in [-0.1, -0.05) is 0 Å². The van der Waals surface area contributed by atoms with E-state index in [1.54, 1.807) is 0 Å². The molecule has 0 radical (unpaired) electrons. The molecule has 1 aliphatic rings. The Morgan fingerprint density at radius 1 is 1.28 bits per heavy atom. The summed E-state index contributed by atoms with van der Waals surface area (Å²) in [5, 5.41) is 5.78. The number of carbonyl (C=O) groups is 1. The summed E-state index contributed by atoms with van der Waals surface area (Å²) >= 11 is 0. The van der Waals surface area contributed by atoms with Crippen LogP contribution in [-0.2, 0) is 4.79 Å². The van der Waals surface area contributed by atoms with Gasteiger partial charge in [0.1, 0.15) is 0 Å². The van der Waals surface area contributed by atoms with Crippen molar-refractivity contribution in [1.82, 2.24) is 5.32 Å². The van der Waals surface area contributed by atoms with Crippen LogP contribution >= 0.6 is 0 Å². The van der Waals surface area contributed by atoms with Gasteiger partial charge in [0, 0.05) is 24.7 Å². The number of rotatable bonds is 4. The summed E-state index contributed by atoms with van der Waals surface area (Å²) in [5.41, 5.74) is 0.852. The van der Waals surface area contributed by atoms with Crippen molar-refractivity contribution in [1.29, 1.82) is 0 Å². The van der Waals surface area contributed by atoms with E-state index in [0.717, 1.165) is 23.6 Å². The highest BCUT2D eigenvalue weighted by molar-refractivity contribution is 5.80. The van der Waals surface area contributed by atoms with Crippen LogP contribution in [0.15, 0.2) is 18.2 Å². The van der Waals surface area contributed by atoms with Gasteiger partial charge in [-0.3, -0.25) is 4.79 Å². The second kappa shape index (κ2) is 6.14. The number of amides is 1. The standard InChI is InChI=1S/C13H18N2O3/c1-2-14-13(16)9-15-10-4-5-11-12(8-10)18-7-3-6-17-11/h4-5,8,15H,2-3,6-7,9H2,1H3,(H,14,16). The molecule has 98 valence electrons. The minimum absolute atomic E-state index is 0.0235. The highest BCUT2D eigenvalue weighted by Crippen LogP contribution is 2.32. The fourth-order valence-corrected chi connectivity index (χ4v) is 1.72. The number of likely N-dealkylation sites (N-methyl/N-ethyl adjacent to an activating group) is 1. The zero-order valence-electron chi connectivity index (χ0n) is 10.5. The molecule has 1 heterocycles. The summed E-state index contributed by atoms with van der Waals surface area (Å²) in [6.45, 7) is 4.13. The van der Waals surface area contributed by atoms with Crippen LogP contribution in [0, 0.1) is 0 Å². The molecule has 5 heteroatoms. The van der Waals surface area contributed by atoms with Gasteiger partial charge in [-0.05, 0) is 19.1 Å². The molecule has 0 saturated heterocycles. The van der Waals surface area contributed by atoms with Gasteiger partial charge in [0.2, 0.25) is 5.91 Å². The molecule has 2 rings (SSSR count). The van der Waals surface area contributed by atoms with Crippen LogP contribution in [0.25, 0.3) is 0 Å². The fourth-order valence-electron chi connectivity index (χ4n) is 1.72. The first-order valence-corrected chi connectivity index (χ1v) is 6.20. The third-order valence-corrected chi connectivity index (χ3v) is 2.57. The Morgan fingerprint density at radius 3 is 2.83 bits per heavy atom. The monoisotopic (exact) mass is 250 g/mol. The van der Waals surface area contributed by atoms with Gasteiger partial charge in [0.15, 0.2) is 11.5 Å². The topological polar surface area (TPSA) is 59.6 Å². The SMILES string of the molecule is CCNC(=O)CNc1ccc2c(c1)OCCCO2. The molecule has 1 amide bonds.